The van der Waals surface area contributed by atoms with Crippen LogP contribution in [0.4, 0.5) is 0 Å². The first kappa shape index (κ1) is 15.2. The Hall–Kier alpha value is -1.66. The van der Waals surface area contributed by atoms with Gasteiger partial charge in [-0.25, -0.2) is 0 Å². The minimum Gasteiger partial charge on any atom is -0.349 e. The number of H-pyrrole nitrogens is 1. The van der Waals surface area contributed by atoms with Gasteiger partial charge in [0.2, 0.25) is 0 Å². The van der Waals surface area contributed by atoms with Crippen LogP contribution in [0.25, 0.3) is 10.6 Å². The highest BCUT2D eigenvalue weighted by molar-refractivity contribution is 7.13. The monoisotopic (exact) mass is 318 g/mol. The van der Waals surface area contributed by atoms with E-state index in [1.807, 2.05) is 23.6 Å². The lowest BCUT2D eigenvalue weighted by atomic mass is 10.0. The molecule has 118 valence electrons. The molecule has 0 aromatic carbocycles. The third-order valence-electron chi connectivity index (χ3n) is 4.22. The van der Waals surface area contributed by atoms with Crippen LogP contribution >= 0.6 is 11.3 Å². The van der Waals surface area contributed by atoms with E-state index in [4.69, 9.17) is 0 Å². The molecule has 2 N–H and O–H groups in total. The minimum absolute atomic E-state index is 0.108. The fourth-order valence-corrected chi connectivity index (χ4v) is 3.58. The molecule has 1 aliphatic heterocycles. The number of piperidine rings is 1. The Morgan fingerprint density at radius 3 is 3.23 bits per heavy atom. The number of nitrogens with one attached hydrogen (secondary N) is 2. The van der Waals surface area contributed by atoms with Crippen LogP contribution in [0.1, 0.15) is 36.7 Å². The Bertz CT molecular complexity index is 607. The summed E-state index contributed by atoms with van der Waals surface area (Å²) in [5.74, 6) is -0.108. The number of hydrogen-bond donors (Lipinski definition) is 2. The smallest absolute Gasteiger partial charge is 0.271 e. The SMILES string of the molecule is CC1CCCCN1CCNC(=O)c1cc(-c2cccs2)[nH]n1. The van der Waals surface area contributed by atoms with E-state index in [0.29, 0.717) is 18.3 Å². The standard InChI is InChI=1S/C16H22N4OS/c1-12-5-2-3-8-20(12)9-7-17-16(21)14-11-13(18-19-14)15-6-4-10-22-15/h4,6,10-12H,2-3,5,7-9H2,1H3,(H,17,21)(H,18,19). The van der Waals surface area contributed by atoms with E-state index >= 15 is 0 Å². The molecule has 3 heterocycles. The first-order valence-corrected chi connectivity index (χ1v) is 8.73. The quantitative estimate of drug-likeness (QED) is 0.891. The lowest BCUT2D eigenvalue weighted by molar-refractivity contribution is 0.0933. The summed E-state index contributed by atoms with van der Waals surface area (Å²) in [6, 6.07) is 6.43. The van der Waals surface area contributed by atoms with Crippen molar-refractivity contribution >= 4 is 17.2 Å². The molecule has 0 radical (unpaired) electrons. The van der Waals surface area contributed by atoms with Gasteiger partial charge in [0, 0.05) is 19.1 Å². The average Bonchev–Trinajstić information content (AvgIpc) is 3.20. The molecule has 6 heteroatoms. The van der Waals surface area contributed by atoms with Gasteiger partial charge in [0.05, 0.1) is 10.6 Å². The zero-order chi connectivity index (χ0) is 15.4. The van der Waals surface area contributed by atoms with Gasteiger partial charge in [0.1, 0.15) is 0 Å². The summed E-state index contributed by atoms with van der Waals surface area (Å²) in [4.78, 5) is 15.7. The molecule has 5 nitrogen and oxygen atoms in total. The van der Waals surface area contributed by atoms with Gasteiger partial charge in [0.15, 0.2) is 5.69 Å². The van der Waals surface area contributed by atoms with E-state index in [-0.39, 0.29) is 5.91 Å². The second kappa shape index (κ2) is 7.07. The summed E-state index contributed by atoms with van der Waals surface area (Å²) in [5.41, 5.74) is 1.35. The van der Waals surface area contributed by atoms with Crippen LogP contribution in [0.15, 0.2) is 23.6 Å². The van der Waals surface area contributed by atoms with Gasteiger partial charge in [0.25, 0.3) is 5.91 Å². The summed E-state index contributed by atoms with van der Waals surface area (Å²) >= 11 is 1.63. The fourth-order valence-electron chi connectivity index (χ4n) is 2.89. The number of carbonyl (C=O) groups is 1. The molecule has 2 aromatic heterocycles. The molecular formula is C16H22N4OS. The van der Waals surface area contributed by atoms with Crippen molar-refractivity contribution in [3.63, 3.8) is 0 Å². The average molecular weight is 318 g/mol. The lowest BCUT2D eigenvalue weighted by Gasteiger charge is -2.33. The molecule has 2 aromatic rings. The Morgan fingerprint density at radius 1 is 1.55 bits per heavy atom. The van der Waals surface area contributed by atoms with E-state index < -0.39 is 0 Å². The van der Waals surface area contributed by atoms with E-state index in [2.05, 4.69) is 27.3 Å². The number of thiophene rings is 1. The first-order valence-electron chi connectivity index (χ1n) is 7.85. The molecule has 3 rings (SSSR count). The maximum Gasteiger partial charge on any atom is 0.271 e. The van der Waals surface area contributed by atoms with Crippen molar-refractivity contribution in [3.8, 4) is 10.6 Å². The number of carbonyl (C=O) groups excluding carboxylic acids is 1. The van der Waals surface area contributed by atoms with E-state index in [1.54, 1.807) is 11.3 Å². The van der Waals surface area contributed by atoms with Crippen LogP contribution in [-0.4, -0.2) is 46.7 Å². The van der Waals surface area contributed by atoms with E-state index in [9.17, 15) is 4.79 Å². The second-order valence-electron chi connectivity index (χ2n) is 5.78. The first-order chi connectivity index (χ1) is 10.7. The van der Waals surface area contributed by atoms with Gasteiger partial charge < -0.3 is 5.32 Å². The zero-order valence-corrected chi connectivity index (χ0v) is 13.7. The van der Waals surface area contributed by atoms with Gasteiger partial charge in [-0.1, -0.05) is 12.5 Å². The number of rotatable bonds is 5. The minimum atomic E-state index is -0.108. The van der Waals surface area contributed by atoms with Crippen molar-refractivity contribution in [2.75, 3.05) is 19.6 Å². The summed E-state index contributed by atoms with van der Waals surface area (Å²) in [5, 5.41) is 12.0. The predicted molar refractivity (Wildman–Crippen MR) is 89.1 cm³/mol. The molecule has 1 unspecified atom stereocenters. The molecule has 1 amide bonds. The molecule has 1 atom stereocenters. The number of amides is 1. The summed E-state index contributed by atoms with van der Waals surface area (Å²) < 4.78 is 0. The van der Waals surface area contributed by atoms with Gasteiger partial charge in [-0.2, -0.15) is 5.10 Å². The summed E-state index contributed by atoms with van der Waals surface area (Å²) in [6.07, 6.45) is 3.85. The molecule has 0 bridgehead atoms. The highest BCUT2D eigenvalue weighted by atomic mass is 32.1. The van der Waals surface area contributed by atoms with Gasteiger partial charge in [-0.05, 0) is 43.8 Å². The highest BCUT2D eigenvalue weighted by Crippen LogP contribution is 2.22. The van der Waals surface area contributed by atoms with E-state index in [0.717, 1.165) is 23.7 Å². The number of aromatic amines is 1. The largest absolute Gasteiger partial charge is 0.349 e. The van der Waals surface area contributed by atoms with Gasteiger partial charge in [-0.15, -0.1) is 11.3 Å². The van der Waals surface area contributed by atoms with Crippen molar-refractivity contribution in [3.05, 3.63) is 29.3 Å². The molecule has 1 aliphatic rings. The number of hydrogen-bond acceptors (Lipinski definition) is 4. The zero-order valence-electron chi connectivity index (χ0n) is 12.8. The molecular weight excluding hydrogens is 296 g/mol. The predicted octanol–water partition coefficient (Wildman–Crippen LogP) is 2.74. The number of aromatic nitrogens is 2. The number of nitrogens with zero attached hydrogens (tertiary/aromatic N) is 2. The molecule has 22 heavy (non-hydrogen) atoms. The number of likely N-dealkylation sites (tertiary alicyclic amines) is 1. The topological polar surface area (TPSA) is 61.0 Å². The van der Waals surface area contributed by atoms with Crippen molar-refractivity contribution in [1.82, 2.24) is 20.4 Å². The molecule has 1 saturated heterocycles. The Kier molecular flexibility index (Phi) is 4.90. The normalized spacial score (nSPS) is 19.2. The van der Waals surface area contributed by atoms with Crippen LogP contribution in [0, 0.1) is 0 Å². The van der Waals surface area contributed by atoms with Crippen LogP contribution in [-0.2, 0) is 0 Å². The van der Waals surface area contributed by atoms with Crippen LogP contribution in [0.5, 0.6) is 0 Å². The highest BCUT2D eigenvalue weighted by Gasteiger charge is 2.18. The molecule has 0 saturated carbocycles. The van der Waals surface area contributed by atoms with Gasteiger partial charge in [-0.3, -0.25) is 14.8 Å². The van der Waals surface area contributed by atoms with Crippen LogP contribution < -0.4 is 5.32 Å². The van der Waals surface area contributed by atoms with Crippen molar-refractivity contribution in [1.29, 1.82) is 0 Å². The lowest BCUT2D eigenvalue weighted by Crippen LogP contribution is -2.42. The summed E-state index contributed by atoms with van der Waals surface area (Å²) in [6.45, 7) is 4.99. The Balaban J connectivity index is 1.50. The maximum atomic E-state index is 12.1. The second-order valence-corrected chi connectivity index (χ2v) is 6.73. The Labute approximate surface area is 134 Å². The van der Waals surface area contributed by atoms with Gasteiger partial charge >= 0.3 is 0 Å². The van der Waals surface area contributed by atoms with Crippen LogP contribution in [0.2, 0.25) is 0 Å². The van der Waals surface area contributed by atoms with Crippen molar-refractivity contribution in [2.45, 2.75) is 32.2 Å². The molecule has 0 aliphatic carbocycles. The molecule has 1 fully saturated rings. The maximum absolute atomic E-state index is 12.1. The summed E-state index contributed by atoms with van der Waals surface area (Å²) in [7, 11) is 0. The van der Waals surface area contributed by atoms with E-state index in [1.165, 1.54) is 19.3 Å². The fraction of sp³-hybridized carbons (Fsp3) is 0.500. The van der Waals surface area contributed by atoms with Crippen molar-refractivity contribution < 1.29 is 4.79 Å². The Morgan fingerprint density at radius 2 is 2.45 bits per heavy atom. The molecule has 0 spiro atoms. The third kappa shape index (κ3) is 3.56. The third-order valence-corrected chi connectivity index (χ3v) is 5.13. The van der Waals surface area contributed by atoms with Crippen LogP contribution in [0.3, 0.4) is 0 Å². The van der Waals surface area contributed by atoms with Crippen molar-refractivity contribution in [2.24, 2.45) is 0 Å².